The topological polar surface area (TPSA) is 57.7 Å². The average molecular weight is 285 g/mol. The van der Waals surface area contributed by atoms with E-state index in [2.05, 4.69) is 0 Å². The first-order valence-corrected chi connectivity index (χ1v) is 6.39. The highest BCUT2D eigenvalue weighted by atomic mass is 16.2. The summed E-state index contributed by atoms with van der Waals surface area (Å²) in [5.41, 5.74) is 0.829. The molecule has 21 heavy (non-hydrogen) atoms. The molecule has 0 unspecified atom stereocenters. The molecule has 0 heterocycles. The zero-order valence-electron chi connectivity index (χ0n) is 12.0. The summed E-state index contributed by atoms with van der Waals surface area (Å²) >= 11 is 0. The van der Waals surface area contributed by atoms with E-state index in [4.69, 9.17) is 0 Å². The molecule has 1 radical (unpaired) electrons. The lowest BCUT2D eigenvalue weighted by atomic mass is 10.2. The Morgan fingerprint density at radius 2 is 1.90 bits per heavy atom. The number of hydrogen-bond donors (Lipinski definition) is 0. The van der Waals surface area contributed by atoms with E-state index < -0.39 is 18.5 Å². The standard InChI is InChI=1S/C16H17N2O3/c1-3-11-17(2)16(21)18(12-13-19)15(20)10-9-14-7-5-4-6-8-14/h3-11H,12H2,1-2H3. The Labute approximate surface area is 124 Å². The first-order chi connectivity index (χ1) is 10.1. The summed E-state index contributed by atoms with van der Waals surface area (Å²) in [6.45, 7) is 1.34. The number of allylic oxidation sites excluding steroid dienone is 1. The lowest BCUT2D eigenvalue weighted by Gasteiger charge is -2.21. The van der Waals surface area contributed by atoms with Crippen LogP contribution in [0, 0.1) is 0 Å². The molecular formula is C16H17N2O3. The predicted octanol–water partition coefficient (Wildman–Crippen LogP) is 2.22. The van der Waals surface area contributed by atoms with Crippen molar-refractivity contribution in [2.75, 3.05) is 13.6 Å². The fourth-order valence-corrected chi connectivity index (χ4v) is 1.60. The molecule has 3 amide bonds. The third-order valence-electron chi connectivity index (χ3n) is 2.61. The highest BCUT2D eigenvalue weighted by molar-refractivity contribution is 6.03. The molecule has 109 valence electrons. The van der Waals surface area contributed by atoms with Crippen LogP contribution < -0.4 is 0 Å². The van der Waals surface area contributed by atoms with Crippen LogP contribution in [0.1, 0.15) is 12.5 Å². The molecule has 0 bridgehead atoms. The summed E-state index contributed by atoms with van der Waals surface area (Å²) in [7, 11) is 1.51. The van der Waals surface area contributed by atoms with Crippen LogP contribution in [0.3, 0.4) is 0 Å². The number of carbonyl (C=O) groups is 2. The number of amides is 3. The van der Waals surface area contributed by atoms with Gasteiger partial charge in [0.25, 0.3) is 5.91 Å². The third-order valence-corrected chi connectivity index (χ3v) is 2.61. The van der Waals surface area contributed by atoms with Crippen LogP contribution in [0.15, 0.2) is 48.7 Å². The molecule has 0 aromatic heterocycles. The van der Waals surface area contributed by atoms with Gasteiger partial charge in [0.2, 0.25) is 6.29 Å². The van der Waals surface area contributed by atoms with Gasteiger partial charge in [-0.3, -0.25) is 14.5 Å². The molecule has 5 nitrogen and oxygen atoms in total. The minimum absolute atomic E-state index is 0.404. The quantitative estimate of drug-likeness (QED) is 0.779. The van der Waals surface area contributed by atoms with Gasteiger partial charge >= 0.3 is 6.03 Å². The van der Waals surface area contributed by atoms with Gasteiger partial charge in [0, 0.05) is 19.3 Å². The van der Waals surface area contributed by atoms with E-state index in [1.807, 2.05) is 30.3 Å². The molecule has 5 heteroatoms. The van der Waals surface area contributed by atoms with Gasteiger partial charge in [0.1, 0.15) is 0 Å². The molecule has 1 rings (SSSR count). The van der Waals surface area contributed by atoms with Gasteiger partial charge in [0.15, 0.2) is 0 Å². The molecule has 0 N–H and O–H groups in total. The number of carbonyl (C=O) groups excluding carboxylic acids is 3. The van der Waals surface area contributed by atoms with E-state index in [9.17, 15) is 14.4 Å². The van der Waals surface area contributed by atoms with Crippen molar-refractivity contribution in [3.8, 4) is 0 Å². The fourth-order valence-electron chi connectivity index (χ4n) is 1.60. The number of urea groups is 1. The zero-order chi connectivity index (χ0) is 15.7. The molecule has 0 saturated heterocycles. The van der Waals surface area contributed by atoms with E-state index in [1.165, 1.54) is 24.2 Å². The number of rotatable bonds is 5. The summed E-state index contributed by atoms with van der Waals surface area (Å²) in [5.74, 6) is -0.566. The summed E-state index contributed by atoms with van der Waals surface area (Å²) in [6.07, 6.45) is 7.58. The summed E-state index contributed by atoms with van der Waals surface area (Å²) in [4.78, 5) is 36.7. The van der Waals surface area contributed by atoms with Gasteiger partial charge in [0.05, 0.1) is 6.54 Å². The van der Waals surface area contributed by atoms with E-state index in [0.29, 0.717) is 0 Å². The van der Waals surface area contributed by atoms with Gasteiger partial charge in [-0.15, -0.1) is 0 Å². The maximum atomic E-state index is 12.0. The molecule has 0 saturated carbocycles. The van der Waals surface area contributed by atoms with E-state index in [-0.39, 0.29) is 0 Å². The van der Waals surface area contributed by atoms with Crippen LogP contribution in [0.2, 0.25) is 0 Å². The van der Waals surface area contributed by atoms with Crippen molar-refractivity contribution in [1.82, 2.24) is 9.80 Å². The number of nitrogens with zero attached hydrogens (tertiary/aromatic N) is 2. The van der Waals surface area contributed by atoms with Gasteiger partial charge in [-0.25, -0.2) is 4.79 Å². The van der Waals surface area contributed by atoms with Gasteiger partial charge in [-0.05, 0) is 18.6 Å². The van der Waals surface area contributed by atoms with Crippen molar-refractivity contribution in [3.63, 3.8) is 0 Å². The number of benzene rings is 1. The maximum absolute atomic E-state index is 12.0. The van der Waals surface area contributed by atoms with E-state index in [0.717, 1.165) is 10.5 Å². The molecular weight excluding hydrogens is 268 g/mol. The Balaban J connectivity index is 2.85. The lowest BCUT2D eigenvalue weighted by Crippen LogP contribution is -2.43. The fraction of sp³-hybridized carbons (Fsp3) is 0.188. The van der Waals surface area contributed by atoms with Crippen LogP contribution >= 0.6 is 0 Å². The highest BCUT2D eigenvalue weighted by Gasteiger charge is 2.21. The molecule has 0 aliphatic carbocycles. The smallest absolute Gasteiger partial charge is 0.304 e. The first kappa shape index (κ1) is 16.4. The van der Waals surface area contributed by atoms with Crippen molar-refractivity contribution < 1.29 is 14.4 Å². The average Bonchev–Trinajstić information content (AvgIpc) is 2.51. The number of imide groups is 1. The Bertz CT molecular complexity index is 550. The second-order valence-electron chi connectivity index (χ2n) is 4.19. The normalized spacial score (nSPS) is 10.8. The van der Waals surface area contributed by atoms with Crippen molar-refractivity contribution in [2.24, 2.45) is 0 Å². The summed E-state index contributed by atoms with van der Waals surface area (Å²) < 4.78 is 0. The molecule has 1 aromatic rings. The van der Waals surface area contributed by atoms with E-state index >= 15 is 0 Å². The van der Waals surface area contributed by atoms with Crippen LogP contribution in [-0.2, 0) is 9.59 Å². The van der Waals surface area contributed by atoms with Crippen molar-refractivity contribution in [1.29, 1.82) is 0 Å². The van der Waals surface area contributed by atoms with E-state index in [1.54, 1.807) is 25.4 Å². The molecule has 0 aliphatic heterocycles. The Morgan fingerprint density at radius 1 is 1.24 bits per heavy atom. The molecule has 0 aliphatic rings. The largest absolute Gasteiger partial charge is 0.331 e. The lowest BCUT2D eigenvalue weighted by molar-refractivity contribution is -0.123. The Morgan fingerprint density at radius 3 is 2.48 bits per heavy atom. The second-order valence-corrected chi connectivity index (χ2v) is 4.19. The zero-order valence-corrected chi connectivity index (χ0v) is 12.0. The number of hydrogen-bond acceptors (Lipinski definition) is 3. The van der Waals surface area contributed by atoms with Crippen molar-refractivity contribution >= 4 is 24.3 Å². The molecule has 0 spiro atoms. The second kappa shape index (κ2) is 8.47. The van der Waals surface area contributed by atoms with Crippen LogP contribution in [0.5, 0.6) is 0 Å². The van der Waals surface area contributed by atoms with Crippen LogP contribution in [0.25, 0.3) is 6.08 Å². The molecule has 0 fully saturated rings. The van der Waals surface area contributed by atoms with Crippen molar-refractivity contribution in [2.45, 2.75) is 6.92 Å². The Kier molecular flexibility index (Phi) is 6.60. The highest BCUT2D eigenvalue weighted by Crippen LogP contribution is 2.04. The van der Waals surface area contributed by atoms with Gasteiger partial charge < -0.3 is 4.90 Å². The summed E-state index contributed by atoms with van der Waals surface area (Å²) in [6, 6.07) is 8.61. The molecule has 1 aromatic carbocycles. The maximum Gasteiger partial charge on any atom is 0.331 e. The van der Waals surface area contributed by atoms with Crippen molar-refractivity contribution in [3.05, 3.63) is 54.2 Å². The summed E-state index contributed by atoms with van der Waals surface area (Å²) in [5, 5.41) is 0. The minimum Gasteiger partial charge on any atom is -0.304 e. The van der Waals surface area contributed by atoms with Gasteiger partial charge in [-0.2, -0.15) is 0 Å². The SMILES string of the molecule is CC=CN(C)C(=O)N(C[C]=O)C(=O)C=Cc1ccccc1. The predicted molar refractivity (Wildman–Crippen MR) is 80.9 cm³/mol. The third kappa shape index (κ3) is 5.06. The minimum atomic E-state index is -0.584. The Hall–Kier alpha value is -2.69. The molecule has 0 atom stereocenters. The van der Waals surface area contributed by atoms with Crippen LogP contribution in [0.4, 0.5) is 4.79 Å². The first-order valence-electron chi connectivity index (χ1n) is 6.39. The monoisotopic (exact) mass is 285 g/mol. The van der Waals surface area contributed by atoms with Crippen LogP contribution in [-0.4, -0.2) is 41.6 Å². The van der Waals surface area contributed by atoms with Gasteiger partial charge in [-0.1, -0.05) is 36.4 Å².